The molecule has 0 radical (unpaired) electrons. The van der Waals surface area contributed by atoms with Crippen molar-refractivity contribution in [2.45, 2.75) is 155 Å². The number of nitrogens with two attached hydrogens (primary N) is 3. The number of ketones is 3. The summed E-state index contributed by atoms with van der Waals surface area (Å²) in [7, 11) is 0. The van der Waals surface area contributed by atoms with Crippen LogP contribution < -0.4 is 41.5 Å². The van der Waals surface area contributed by atoms with Crippen LogP contribution in [0.15, 0.2) is 146 Å². The van der Waals surface area contributed by atoms with Crippen molar-refractivity contribution in [3.63, 3.8) is 0 Å². The van der Waals surface area contributed by atoms with E-state index in [4.69, 9.17) is 36.1 Å². The second kappa shape index (κ2) is 46.7. The molecule has 1 saturated heterocycles. The Balaban J connectivity index is 0.000000219. The molecule has 0 bridgehead atoms. The van der Waals surface area contributed by atoms with Crippen molar-refractivity contribution in [2.24, 2.45) is 17.2 Å². The average Bonchev–Trinajstić information content (AvgIpc) is 0.846. The maximum atomic E-state index is 12.3. The van der Waals surface area contributed by atoms with E-state index in [0.717, 1.165) is 126 Å². The minimum Gasteiger partial charge on any atom is -0.508 e. The van der Waals surface area contributed by atoms with Gasteiger partial charge in [0.2, 0.25) is 5.91 Å². The zero-order valence-corrected chi connectivity index (χ0v) is 75.6. The molecule has 104 heavy (non-hydrogen) atoms. The molecule has 558 valence electrons. The van der Waals surface area contributed by atoms with Crippen LogP contribution in [-0.2, 0) is 44.9 Å². The van der Waals surface area contributed by atoms with Gasteiger partial charge in [0.1, 0.15) is 63.3 Å². The molecule has 1 aliphatic rings. The molecular formula is C79H89I8N5O12. The highest BCUT2D eigenvalue weighted by Gasteiger charge is 2.20. The van der Waals surface area contributed by atoms with Crippen LogP contribution in [-0.4, -0.2) is 92.4 Å². The Bertz CT molecular complexity index is 3980. The maximum Gasteiger partial charge on any atom is 0.217 e. The highest BCUT2D eigenvalue weighted by atomic mass is 127. The first-order valence-electron chi connectivity index (χ1n) is 34.1. The zero-order chi connectivity index (χ0) is 76.0. The van der Waals surface area contributed by atoms with Gasteiger partial charge in [-0.2, -0.15) is 0 Å². The lowest BCUT2D eigenvalue weighted by molar-refractivity contribution is -0.120. The largest absolute Gasteiger partial charge is 0.508 e. The third kappa shape index (κ3) is 32.9. The van der Waals surface area contributed by atoms with Gasteiger partial charge in [-0.1, -0.05) is 20.3 Å². The lowest BCUT2D eigenvalue weighted by Crippen LogP contribution is -2.34. The molecule has 0 saturated carbocycles. The molecule has 11 N–H and O–H groups in total. The fraction of sp³-hybridized carbons (Fsp3) is 0.342. The summed E-state index contributed by atoms with van der Waals surface area (Å²) < 4.78 is 31.9. The van der Waals surface area contributed by atoms with Crippen LogP contribution in [0.4, 0.5) is 0 Å². The number of likely N-dealkylation sites (tertiary alicyclic amines) is 1. The summed E-state index contributed by atoms with van der Waals surface area (Å²) >= 11 is 18.1. The van der Waals surface area contributed by atoms with Gasteiger partial charge in [-0.05, 0) is 433 Å². The van der Waals surface area contributed by atoms with Gasteiger partial charge in [0, 0.05) is 69.7 Å². The predicted octanol–water partition coefficient (Wildman–Crippen LogP) is 20.0. The quantitative estimate of drug-likeness (QED) is 0.0188. The van der Waals surface area contributed by atoms with Crippen molar-refractivity contribution < 1.29 is 58.6 Å². The van der Waals surface area contributed by atoms with Gasteiger partial charge in [0.05, 0.1) is 28.6 Å². The fourth-order valence-electron chi connectivity index (χ4n) is 10.8. The Kier molecular flexibility index (Phi) is 40.1. The van der Waals surface area contributed by atoms with Crippen LogP contribution in [0.3, 0.4) is 0 Å². The molecular weight excluding hydrogens is 2230 g/mol. The van der Waals surface area contributed by atoms with Crippen LogP contribution in [0.25, 0.3) is 0 Å². The molecule has 25 heteroatoms. The molecule has 1 amide bonds. The number of benzene rings is 8. The number of nitrogens with zero attached hydrogens (tertiary/aromatic N) is 1. The van der Waals surface area contributed by atoms with Crippen LogP contribution in [0.2, 0.25) is 0 Å². The molecule has 1 heterocycles. The van der Waals surface area contributed by atoms with E-state index in [1.165, 1.54) is 24.8 Å². The molecule has 8 aromatic rings. The number of hydrogen-bond donors (Lipinski definition) is 8. The highest BCUT2D eigenvalue weighted by Crippen LogP contribution is 2.38. The van der Waals surface area contributed by atoms with Crippen molar-refractivity contribution >= 4 is 204 Å². The number of hydrogen-bond acceptors (Lipinski definition) is 16. The summed E-state index contributed by atoms with van der Waals surface area (Å²) in [6.07, 6.45) is 12.7. The van der Waals surface area contributed by atoms with E-state index in [1.54, 1.807) is 111 Å². The van der Waals surface area contributed by atoms with Crippen molar-refractivity contribution in [3.05, 3.63) is 196 Å². The van der Waals surface area contributed by atoms with Crippen LogP contribution in [0.5, 0.6) is 69.0 Å². The monoisotopic (exact) mass is 2310 g/mol. The Morgan fingerprint density at radius 3 is 0.962 bits per heavy atom. The second-order valence-electron chi connectivity index (χ2n) is 25.2. The Morgan fingerprint density at radius 2 is 0.692 bits per heavy atom. The fourth-order valence-corrected chi connectivity index (χ4v) is 19.2. The van der Waals surface area contributed by atoms with Gasteiger partial charge < -0.3 is 71.6 Å². The molecule has 1 aliphatic heterocycles. The molecule has 1 fully saturated rings. The average molecular weight is 2320 g/mol. The third-order valence-corrected chi connectivity index (χ3v) is 22.8. The number of phenolic OH excluding ortho intramolecular Hbond substituents is 4. The zero-order valence-electron chi connectivity index (χ0n) is 58.4. The number of piperidine rings is 1. The van der Waals surface area contributed by atoms with Gasteiger partial charge in [0.25, 0.3) is 0 Å². The minimum absolute atomic E-state index is 0.00136. The summed E-state index contributed by atoms with van der Waals surface area (Å²) in [5.74, 6) is 7.52. The predicted molar refractivity (Wildman–Crippen MR) is 480 cm³/mol. The summed E-state index contributed by atoms with van der Waals surface area (Å²) in [6.45, 7) is 10.3. The van der Waals surface area contributed by atoms with E-state index in [-0.39, 0.29) is 64.6 Å². The molecule has 4 atom stereocenters. The first-order chi connectivity index (χ1) is 49.5. The number of phenols is 4. The number of carbonyl (C=O) groups is 4. The van der Waals surface area contributed by atoms with E-state index in [2.05, 4.69) is 246 Å². The van der Waals surface area contributed by atoms with Crippen LogP contribution in [0, 0.1) is 28.6 Å². The lowest BCUT2D eigenvalue weighted by atomic mass is 10.0. The Hall–Kier alpha value is -3.68. The van der Waals surface area contributed by atoms with Gasteiger partial charge in [-0.3, -0.25) is 14.4 Å². The van der Waals surface area contributed by atoms with E-state index in [0.29, 0.717) is 73.7 Å². The van der Waals surface area contributed by atoms with Crippen LogP contribution >= 0.6 is 181 Å². The normalized spacial score (nSPS) is 13.0. The van der Waals surface area contributed by atoms with Crippen molar-refractivity contribution in [3.8, 4) is 69.0 Å². The van der Waals surface area contributed by atoms with Gasteiger partial charge in [0.15, 0.2) is 23.0 Å². The van der Waals surface area contributed by atoms with Crippen molar-refractivity contribution in [2.75, 3.05) is 19.6 Å². The number of Topliss-reactive ketones (excluding diaryl/α,β-unsaturated/α-hetero) is 3. The third-order valence-electron chi connectivity index (χ3n) is 16.3. The lowest BCUT2D eigenvalue weighted by Gasteiger charge is -2.26. The molecule has 0 spiro atoms. The molecule has 17 nitrogen and oxygen atoms in total. The number of ether oxygens (including phenoxy) is 4. The van der Waals surface area contributed by atoms with Gasteiger partial charge in [-0.15, -0.1) is 0 Å². The topological polar surface area (TPSA) is 279 Å². The maximum absolute atomic E-state index is 12.3. The summed E-state index contributed by atoms with van der Waals surface area (Å²) in [4.78, 5) is 48.4. The van der Waals surface area contributed by atoms with Crippen molar-refractivity contribution in [1.82, 2.24) is 10.2 Å². The minimum atomic E-state index is -0.0330. The summed E-state index contributed by atoms with van der Waals surface area (Å²) in [5.41, 5.74) is 23.2. The number of aromatic hydroxyl groups is 4. The smallest absolute Gasteiger partial charge is 0.217 e. The number of carbonyl (C=O) groups excluding carboxylic acids is 4. The highest BCUT2D eigenvalue weighted by molar-refractivity contribution is 14.1. The number of amides is 1. The number of nitrogens with one attached hydrogen (secondary N) is 1. The first kappa shape index (κ1) is 89.2. The SMILES string of the molecule is CC(=O)CC[C@@H](N)Cc1cc(I)c(Oc2ccc(O)cc2)c(I)c1.CCC(=O)CC[C@@H](N)Cc1cc(I)c(Oc2ccc(O)cc2)c(I)c1.CC[C@H](Cc1cc(I)c(Oc2ccc(O)cc2)c(I)c1)NC(C)=O.N[C@H](CCC(=O)CCN1CCCCC1)Cc1cc(I)c(Oc2ccc(O)cc2)c(I)c1. The van der Waals surface area contributed by atoms with Gasteiger partial charge >= 0.3 is 0 Å². The van der Waals surface area contributed by atoms with E-state index < -0.39 is 0 Å². The number of halogens is 8. The molecule has 0 aromatic heterocycles. The molecule has 0 unspecified atom stereocenters. The summed E-state index contributed by atoms with van der Waals surface area (Å²) in [6, 6.07) is 43.4. The van der Waals surface area contributed by atoms with E-state index in [1.807, 2.05) is 6.92 Å². The number of rotatable bonds is 31. The molecule has 9 rings (SSSR count). The van der Waals surface area contributed by atoms with Crippen molar-refractivity contribution in [1.29, 1.82) is 0 Å². The second-order valence-corrected chi connectivity index (χ2v) is 34.5. The Morgan fingerprint density at radius 1 is 0.413 bits per heavy atom. The Labute approximate surface area is 720 Å². The van der Waals surface area contributed by atoms with E-state index >= 15 is 0 Å². The van der Waals surface area contributed by atoms with E-state index in [9.17, 15) is 39.6 Å². The summed E-state index contributed by atoms with van der Waals surface area (Å²) in [5, 5.41) is 40.4. The van der Waals surface area contributed by atoms with Gasteiger partial charge in [-0.25, -0.2) is 0 Å². The molecule has 0 aliphatic carbocycles. The standard InChI is InChI=1S/C24H30I2N2O3.C19H21I2NO3.2C18H19I2NO3/c25-22-15-17(16-23(26)24(22)31-21-8-6-19(29)7-9-21)14-18(27)4-5-20(30)10-13-28-11-2-1-3-12-28;1-2-14(23)4-3-13(22)9-12-10-17(20)19(18(21)11-12)25-16-7-5-15(24)6-8-16;1-11(22)2-3-13(21)8-12-9-16(19)18(17(20)10-12)24-15-6-4-14(23)5-7-15;1-3-13(21-11(2)22)8-12-9-16(19)18(17(20)10-12)24-15-6-4-14(23)5-7-15/h6-9,15-16,18,29H,1-5,10-14,27H2;5-8,10-11,13,24H,2-4,9,22H2,1H3;4-7,9-10,13,23H,2-3,8,21H2,1H3;4-7,9-10,13,23H,3,8H2,1-2H3,(H,21,22)/t18-;3*13-/m1111/s1. The first-order valence-corrected chi connectivity index (χ1v) is 42.7. The molecule has 8 aromatic carbocycles. The van der Waals surface area contributed by atoms with Crippen LogP contribution in [0.1, 0.15) is 127 Å².